The van der Waals surface area contributed by atoms with Crippen LogP contribution >= 0.6 is 0 Å². The van der Waals surface area contributed by atoms with E-state index in [0.29, 0.717) is 6.04 Å². The van der Waals surface area contributed by atoms with Crippen LogP contribution in [0.2, 0.25) is 0 Å². The van der Waals surface area contributed by atoms with Crippen LogP contribution in [0, 0.1) is 5.92 Å². The lowest BCUT2D eigenvalue weighted by atomic mass is 9.79. The van der Waals surface area contributed by atoms with Crippen molar-refractivity contribution in [1.29, 1.82) is 0 Å². The van der Waals surface area contributed by atoms with Crippen molar-refractivity contribution in [1.82, 2.24) is 4.90 Å². The summed E-state index contributed by atoms with van der Waals surface area (Å²) in [4.78, 5) is 2.43. The van der Waals surface area contributed by atoms with Crippen molar-refractivity contribution in [3.8, 4) is 0 Å². The smallest absolute Gasteiger partial charge is 0.0354 e. The number of likely N-dealkylation sites (N-methyl/N-ethyl adjacent to an activating group) is 1. The Morgan fingerprint density at radius 3 is 2.00 bits per heavy atom. The second kappa shape index (κ2) is 7.49. The molecule has 1 aliphatic carbocycles. The molecule has 0 aromatic carbocycles. The molecule has 1 atom stereocenters. The van der Waals surface area contributed by atoms with Gasteiger partial charge in [-0.25, -0.2) is 0 Å². The predicted molar refractivity (Wildman–Crippen MR) is 80.8 cm³/mol. The Morgan fingerprint density at radius 2 is 1.56 bits per heavy atom. The Balaban J connectivity index is 2.58. The number of hydrogen-bond donors (Lipinski definition) is 1. The van der Waals surface area contributed by atoms with Crippen molar-refractivity contribution < 1.29 is 0 Å². The third-order valence-electron chi connectivity index (χ3n) is 4.85. The summed E-state index contributed by atoms with van der Waals surface area (Å²) in [7, 11) is 4.46. The van der Waals surface area contributed by atoms with Crippen molar-refractivity contribution >= 4 is 0 Å². The van der Waals surface area contributed by atoms with Gasteiger partial charge in [0.2, 0.25) is 0 Å². The lowest BCUT2D eigenvalue weighted by molar-refractivity contribution is 0.0917. The van der Waals surface area contributed by atoms with Crippen LogP contribution < -0.4 is 5.73 Å². The van der Waals surface area contributed by atoms with Crippen LogP contribution in [-0.4, -0.2) is 30.6 Å². The molecule has 18 heavy (non-hydrogen) atoms. The van der Waals surface area contributed by atoms with Crippen LogP contribution in [0.3, 0.4) is 0 Å². The summed E-state index contributed by atoms with van der Waals surface area (Å²) in [5, 5.41) is 0. The van der Waals surface area contributed by atoms with Gasteiger partial charge < -0.3 is 10.6 Å². The van der Waals surface area contributed by atoms with Gasteiger partial charge in [-0.3, -0.25) is 0 Å². The van der Waals surface area contributed by atoms with Gasteiger partial charge in [-0.15, -0.1) is 0 Å². The Kier molecular flexibility index (Phi) is 6.65. The summed E-state index contributed by atoms with van der Waals surface area (Å²) in [6.07, 6.45) is 11.9. The monoisotopic (exact) mass is 254 g/mol. The molecule has 0 aliphatic heterocycles. The van der Waals surface area contributed by atoms with Crippen LogP contribution in [-0.2, 0) is 0 Å². The zero-order valence-corrected chi connectivity index (χ0v) is 13.0. The molecule has 1 aliphatic rings. The van der Waals surface area contributed by atoms with Crippen LogP contribution in [0.1, 0.15) is 71.6 Å². The van der Waals surface area contributed by atoms with Gasteiger partial charge in [-0.05, 0) is 39.3 Å². The second-order valence-electron chi connectivity index (χ2n) is 6.84. The van der Waals surface area contributed by atoms with Gasteiger partial charge in [0.25, 0.3) is 0 Å². The largest absolute Gasteiger partial charge is 0.326 e. The molecule has 108 valence electrons. The topological polar surface area (TPSA) is 29.3 Å². The quantitative estimate of drug-likeness (QED) is 0.731. The first-order valence-corrected chi connectivity index (χ1v) is 7.92. The van der Waals surface area contributed by atoms with E-state index in [-0.39, 0.29) is 5.54 Å². The Hall–Kier alpha value is -0.0800. The third-order valence-corrected chi connectivity index (χ3v) is 4.85. The highest BCUT2D eigenvalue weighted by molar-refractivity contribution is 4.98. The third kappa shape index (κ3) is 4.24. The molecule has 1 unspecified atom stereocenters. The zero-order chi connectivity index (χ0) is 13.6. The molecule has 0 amide bonds. The van der Waals surface area contributed by atoms with Crippen LogP contribution in [0.15, 0.2) is 0 Å². The van der Waals surface area contributed by atoms with E-state index in [1.807, 2.05) is 0 Å². The van der Waals surface area contributed by atoms with Gasteiger partial charge >= 0.3 is 0 Å². The highest BCUT2D eigenvalue weighted by Crippen LogP contribution is 2.35. The highest BCUT2D eigenvalue weighted by atomic mass is 15.2. The standard InChI is InChI=1S/C16H34N2/c1-14(2)10-9-11-15(17)16(18(3)4)12-7-5-6-8-13-16/h14-15H,5-13,17H2,1-4H3. The maximum absolute atomic E-state index is 6.60. The SMILES string of the molecule is CC(C)CCCC(N)C1(N(C)C)CCCCCC1. The minimum atomic E-state index is 0.271. The van der Waals surface area contributed by atoms with E-state index >= 15 is 0 Å². The van der Waals surface area contributed by atoms with Gasteiger partial charge in [0, 0.05) is 11.6 Å². The van der Waals surface area contributed by atoms with E-state index < -0.39 is 0 Å². The fraction of sp³-hybridized carbons (Fsp3) is 1.00. The first-order chi connectivity index (χ1) is 8.49. The molecule has 2 N–H and O–H groups in total. The second-order valence-corrected chi connectivity index (χ2v) is 6.84. The van der Waals surface area contributed by atoms with E-state index in [2.05, 4.69) is 32.8 Å². The summed E-state index contributed by atoms with van der Waals surface area (Å²) in [6.45, 7) is 4.61. The van der Waals surface area contributed by atoms with Gasteiger partial charge in [-0.1, -0.05) is 52.4 Å². The Labute approximate surface area is 114 Å². The van der Waals surface area contributed by atoms with Gasteiger partial charge in [0.15, 0.2) is 0 Å². The molecule has 0 bridgehead atoms. The maximum atomic E-state index is 6.60. The Morgan fingerprint density at radius 1 is 1.00 bits per heavy atom. The number of nitrogens with zero attached hydrogens (tertiary/aromatic N) is 1. The molecule has 0 saturated heterocycles. The summed E-state index contributed by atoms with van der Waals surface area (Å²) in [5.41, 5.74) is 6.87. The summed E-state index contributed by atoms with van der Waals surface area (Å²) < 4.78 is 0. The Bertz CT molecular complexity index is 215. The van der Waals surface area contributed by atoms with E-state index in [1.165, 1.54) is 57.8 Å². The lowest BCUT2D eigenvalue weighted by Crippen LogP contribution is -2.57. The number of hydrogen-bond acceptors (Lipinski definition) is 2. The number of nitrogens with two attached hydrogens (primary N) is 1. The number of rotatable bonds is 6. The fourth-order valence-electron chi connectivity index (χ4n) is 3.51. The van der Waals surface area contributed by atoms with Crippen molar-refractivity contribution in [2.75, 3.05) is 14.1 Å². The van der Waals surface area contributed by atoms with E-state index in [0.717, 1.165) is 5.92 Å². The first kappa shape index (κ1) is 16.0. The molecule has 1 rings (SSSR count). The molecule has 0 heterocycles. The van der Waals surface area contributed by atoms with E-state index in [1.54, 1.807) is 0 Å². The molecule has 0 aromatic heterocycles. The normalized spacial score (nSPS) is 22.2. The van der Waals surface area contributed by atoms with Crippen LogP contribution in [0.25, 0.3) is 0 Å². The van der Waals surface area contributed by atoms with Crippen LogP contribution in [0.5, 0.6) is 0 Å². The summed E-state index contributed by atoms with van der Waals surface area (Å²) in [5.74, 6) is 0.807. The molecular weight excluding hydrogens is 220 g/mol. The summed E-state index contributed by atoms with van der Waals surface area (Å²) in [6, 6.07) is 0.351. The fourth-order valence-corrected chi connectivity index (χ4v) is 3.51. The molecular formula is C16H34N2. The van der Waals surface area contributed by atoms with Crippen molar-refractivity contribution in [2.45, 2.75) is 83.2 Å². The van der Waals surface area contributed by atoms with Gasteiger partial charge in [0.1, 0.15) is 0 Å². The van der Waals surface area contributed by atoms with Gasteiger partial charge in [0.05, 0.1) is 0 Å². The van der Waals surface area contributed by atoms with E-state index in [9.17, 15) is 0 Å². The molecule has 1 fully saturated rings. The molecule has 0 radical (unpaired) electrons. The average molecular weight is 254 g/mol. The van der Waals surface area contributed by atoms with Crippen LogP contribution in [0.4, 0.5) is 0 Å². The molecule has 2 heteroatoms. The van der Waals surface area contributed by atoms with Crippen molar-refractivity contribution in [3.05, 3.63) is 0 Å². The minimum absolute atomic E-state index is 0.271. The van der Waals surface area contributed by atoms with Crippen molar-refractivity contribution in [2.24, 2.45) is 11.7 Å². The minimum Gasteiger partial charge on any atom is -0.326 e. The first-order valence-electron chi connectivity index (χ1n) is 7.92. The highest BCUT2D eigenvalue weighted by Gasteiger charge is 2.38. The predicted octanol–water partition coefficient (Wildman–Crippen LogP) is 3.79. The molecule has 0 aromatic rings. The summed E-state index contributed by atoms with van der Waals surface area (Å²) >= 11 is 0. The lowest BCUT2D eigenvalue weighted by Gasteiger charge is -2.44. The van der Waals surface area contributed by atoms with E-state index in [4.69, 9.17) is 5.73 Å². The average Bonchev–Trinajstić information content (AvgIpc) is 2.54. The van der Waals surface area contributed by atoms with Crippen molar-refractivity contribution in [3.63, 3.8) is 0 Å². The molecule has 0 spiro atoms. The molecule has 2 nitrogen and oxygen atoms in total. The van der Waals surface area contributed by atoms with Gasteiger partial charge in [-0.2, -0.15) is 0 Å². The maximum Gasteiger partial charge on any atom is 0.0354 e. The zero-order valence-electron chi connectivity index (χ0n) is 13.0. The molecule has 1 saturated carbocycles.